The molecule has 1 aromatic carbocycles. The van der Waals surface area contributed by atoms with E-state index < -0.39 is 17.6 Å². The fourth-order valence-electron chi connectivity index (χ4n) is 1.78. The summed E-state index contributed by atoms with van der Waals surface area (Å²) in [6, 6.07) is 4.32. The fourth-order valence-corrected chi connectivity index (χ4v) is 1.78. The molecule has 3 nitrogen and oxygen atoms in total. The lowest BCUT2D eigenvalue weighted by molar-refractivity contribution is -0.137. The molecule has 0 aliphatic heterocycles. The number of nitrogens with one attached hydrogen (secondary N) is 1. The van der Waals surface area contributed by atoms with Gasteiger partial charge >= 0.3 is 6.18 Å². The van der Waals surface area contributed by atoms with E-state index in [1.54, 1.807) is 23.1 Å². The molecule has 0 amide bonds. The molecule has 0 saturated carbocycles. The molecule has 0 bridgehead atoms. The van der Waals surface area contributed by atoms with Gasteiger partial charge in [0.05, 0.1) is 12.1 Å². The summed E-state index contributed by atoms with van der Waals surface area (Å²) in [6.07, 6.45) is -1.11. The summed E-state index contributed by atoms with van der Waals surface area (Å²) in [5, 5.41) is 6.94. The van der Waals surface area contributed by atoms with Crippen LogP contribution in [-0.4, -0.2) is 16.3 Å². The molecule has 2 aromatic rings. The maximum Gasteiger partial charge on any atom is 0.416 e. The van der Waals surface area contributed by atoms with E-state index in [-0.39, 0.29) is 12.1 Å². The first kappa shape index (κ1) is 14.5. The summed E-state index contributed by atoms with van der Waals surface area (Å²) in [4.78, 5) is 0. The second kappa shape index (κ2) is 6.04. The predicted molar refractivity (Wildman–Crippen MR) is 65.3 cm³/mol. The van der Waals surface area contributed by atoms with Gasteiger partial charge in [-0.05, 0) is 29.8 Å². The Morgan fingerprint density at radius 1 is 1.20 bits per heavy atom. The van der Waals surface area contributed by atoms with E-state index in [1.165, 1.54) is 0 Å². The largest absolute Gasteiger partial charge is 0.416 e. The lowest BCUT2D eigenvalue weighted by Gasteiger charge is -2.10. The van der Waals surface area contributed by atoms with Crippen LogP contribution in [0.5, 0.6) is 0 Å². The Hall–Kier alpha value is -1.89. The summed E-state index contributed by atoms with van der Waals surface area (Å²) in [7, 11) is 0. The van der Waals surface area contributed by atoms with E-state index in [4.69, 9.17) is 0 Å². The van der Waals surface area contributed by atoms with Crippen LogP contribution in [0.2, 0.25) is 0 Å². The van der Waals surface area contributed by atoms with Gasteiger partial charge in [0.25, 0.3) is 0 Å². The number of nitrogens with zero attached hydrogens (tertiary/aromatic N) is 2. The van der Waals surface area contributed by atoms with Crippen molar-refractivity contribution in [3.05, 3.63) is 53.6 Å². The minimum Gasteiger partial charge on any atom is -0.311 e. The van der Waals surface area contributed by atoms with Crippen molar-refractivity contribution in [1.82, 2.24) is 15.1 Å². The van der Waals surface area contributed by atoms with Crippen molar-refractivity contribution >= 4 is 0 Å². The van der Waals surface area contributed by atoms with Crippen LogP contribution in [0.15, 0.2) is 36.7 Å². The predicted octanol–water partition coefficient (Wildman–Crippen LogP) is 2.83. The molecule has 0 unspecified atom stereocenters. The number of alkyl halides is 3. The Labute approximate surface area is 113 Å². The number of rotatable bonds is 5. The van der Waals surface area contributed by atoms with E-state index in [9.17, 15) is 17.6 Å². The molecule has 108 valence electrons. The molecule has 1 aromatic heterocycles. The lowest BCUT2D eigenvalue weighted by Crippen LogP contribution is -2.20. The van der Waals surface area contributed by atoms with Gasteiger partial charge in [0, 0.05) is 25.5 Å². The first-order valence-corrected chi connectivity index (χ1v) is 6.00. The average Bonchev–Trinajstić information content (AvgIpc) is 2.86. The highest BCUT2D eigenvalue weighted by molar-refractivity contribution is 5.26. The first-order chi connectivity index (χ1) is 9.45. The van der Waals surface area contributed by atoms with Crippen LogP contribution >= 0.6 is 0 Å². The smallest absolute Gasteiger partial charge is 0.311 e. The van der Waals surface area contributed by atoms with Crippen LogP contribution in [-0.2, 0) is 19.3 Å². The second-order valence-electron chi connectivity index (χ2n) is 4.29. The molecule has 0 fully saturated rings. The SMILES string of the molecule is Fc1cc(CNCCn2cccn2)cc(C(F)(F)F)c1. The highest BCUT2D eigenvalue weighted by Gasteiger charge is 2.31. The molecule has 20 heavy (non-hydrogen) atoms. The zero-order valence-corrected chi connectivity index (χ0v) is 10.5. The topological polar surface area (TPSA) is 29.9 Å². The van der Waals surface area contributed by atoms with E-state index in [1.807, 2.05) is 0 Å². The Balaban J connectivity index is 1.91. The van der Waals surface area contributed by atoms with Crippen molar-refractivity contribution in [1.29, 1.82) is 0 Å². The van der Waals surface area contributed by atoms with E-state index in [0.717, 1.165) is 12.1 Å². The van der Waals surface area contributed by atoms with Crippen molar-refractivity contribution in [2.24, 2.45) is 0 Å². The fraction of sp³-hybridized carbons (Fsp3) is 0.308. The van der Waals surface area contributed by atoms with Crippen LogP contribution in [0.3, 0.4) is 0 Å². The summed E-state index contributed by atoms with van der Waals surface area (Å²) < 4.78 is 52.4. The van der Waals surface area contributed by atoms with Gasteiger partial charge in [0.15, 0.2) is 0 Å². The Morgan fingerprint density at radius 3 is 2.65 bits per heavy atom. The van der Waals surface area contributed by atoms with E-state index in [0.29, 0.717) is 19.2 Å². The maximum atomic E-state index is 13.1. The highest BCUT2D eigenvalue weighted by atomic mass is 19.4. The van der Waals surface area contributed by atoms with Crippen molar-refractivity contribution < 1.29 is 17.6 Å². The number of halogens is 4. The zero-order chi connectivity index (χ0) is 14.6. The molecule has 7 heteroatoms. The Morgan fingerprint density at radius 2 is 2.00 bits per heavy atom. The summed E-state index contributed by atoms with van der Waals surface area (Å²) in [5.74, 6) is -0.885. The first-order valence-electron chi connectivity index (χ1n) is 6.00. The molecule has 0 saturated heterocycles. The quantitative estimate of drug-likeness (QED) is 0.677. The molecular formula is C13H13F4N3. The summed E-state index contributed by atoms with van der Waals surface area (Å²) in [5.41, 5.74) is -0.709. The lowest BCUT2D eigenvalue weighted by atomic mass is 10.1. The molecule has 0 atom stereocenters. The molecule has 0 radical (unpaired) electrons. The standard InChI is InChI=1S/C13H13F4N3/c14-12-7-10(6-11(8-12)13(15,16)17)9-18-3-5-20-4-1-2-19-20/h1-2,4,6-8,18H,3,5,9H2. The van der Waals surface area contributed by atoms with Gasteiger partial charge in [-0.2, -0.15) is 18.3 Å². The summed E-state index contributed by atoms with van der Waals surface area (Å²) in [6.45, 7) is 1.29. The Bertz CT molecular complexity index is 549. The van der Waals surface area contributed by atoms with Crippen LogP contribution in [0, 0.1) is 5.82 Å². The van der Waals surface area contributed by atoms with Gasteiger partial charge < -0.3 is 5.32 Å². The number of hydrogen-bond acceptors (Lipinski definition) is 2. The zero-order valence-electron chi connectivity index (χ0n) is 10.5. The third-order valence-corrected chi connectivity index (χ3v) is 2.69. The number of aromatic nitrogens is 2. The van der Waals surface area contributed by atoms with Crippen molar-refractivity contribution in [3.63, 3.8) is 0 Å². The molecule has 1 N–H and O–H groups in total. The molecule has 0 spiro atoms. The van der Waals surface area contributed by atoms with Crippen LogP contribution in [0.25, 0.3) is 0 Å². The number of benzene rings is 1. The monoisotopic (exact) mass is 287 g/mol. The van der Waals surface area contributed by atoms with Crippen molar-refractivity contribution in [3.8, 4) is 0 Å². The normalized spacial score (nSPS) is 11.8. The minimum absolute atomic E-state index is 0.169. The Kier molecular flexibility index (Phi) is 4.39. The van der Waals surface area contributed by atoms with Gasteiger partial charge in [-0.3, -0.25) is 4.68 Å². The van der Waals surface area contributed by atoms with E-state index >= 15 is 0 Å². The molecule has 0 aliphatic rings. The molecule has 2 rings (SSSR count). The number of hydrogen-bond donors (Lipinski definition) is 1. The van der Waals surface area contributed by atoms with E-state index in [2.05, 4.69) is 10.4 Å². The van der Waals surface area contributed by atoms with Crippen molar-refractivity contribution in [2.75, 3.05) is 6.54 Å². The van der Waals surface area contributed by atoms with Crippen molar-refractivity contribution in [2.45, 2.75) is 19.3 Å². The van der Waals surface area contributed by atoms with Crippen LogP contribution in [0.4, 0.5) is 17.6 Å². The van der Waals surface area contributed by atoms with Gasteiger partial charge in [0.1, 0.15) is 5.82 Å². The highest BCUT2D eigenvalue weighted by Crippen LogP contribution is 2.30. The van der Waals surface area contributed by atoms with Gasteiger partial charge in [-0.15, -0.1) is 0 Å². The van der Waals surface area contributed by atoms with Gasteiger partial charge in [0.2, 0.25) is 0 Å². The maximum absolute atomic E-state index is 13.1. The summed E-state index contributed by atoms with van der Waals surface area (Å²) >= 11 is 0. The average molecular weight is 287 g/mol. The van der Waals surface area contributed by atoms with Crippen LogP contribution in [0.1, 0.15) is 11.1 Å². The van der Waals surface area contributed by atoms with Gasteiger partial charge in [-0.25, -0.2) is 4.39 Å². The third kappa shape index (κ3) is 4.06. The molecule has 1 heterocycles. The van der Waals surface area contributed by atoms with Gasteiger partial charge in [-0.1, -0.05) is 0 Å². The molecule has 0 aliphatic carbocycles. The van der Waals surface area contributed by atoms with Crippen LogP contribution < -0.4 is 5.32 Å². The second-order valence-corrected chi connectivity index (χ2v) is 4.29. The third-order valence-electron chi connectivity index (χ3n) is 2.69. The molecular weight excluding hydrogens is 274 g/mol. The minimum atomic E-state index is -4.54.